The van der Waals surface area contributed by atoms with Crippen LogP contribution in [0.2, 0.25) is 4.34 Å². The highest BCUT2D eigenvalue weighted by Crippen LogP contribution is 2.52. The molecular formula is C40H25ClF4N2O7S2. The lowest BCUT2D eigenvalue weighted by Gasteiger charge is -2.28. The van der Waals surface area contributed by atoms with Crippen LogP contribution in [0.25, 0.3) is 22.3 Å². The second kappa shape index (κ2) is 14.6. The molecule has 2 aliphatic rings. The molecule has 0 bridgehead atoms. The molecule has 0 radical (unpaired) electrons. The summed E-state index contributed by atoms with van der Waals surface area (Å²) in [5.74, 6) is -4.75. The zero-order valence-corrected chi connectivity index (χ0v) is 31.2. The number of benzene rings is 4. The van der Waals surface area contributed by atoms with E-state index in [9.17, 15) is 33.1 Å². The standard InChI is InChI=1S/C20H12ClF2NO4S.C20H13F2NO3S/c1-28-11-5-2-9(3-6-11)20(23)16(26)15-14(12-7-4-10(22)8-13(12)25)17(21)29-18(15)24-19(20)27;1-26-13-9-7-12(8-10-13)20(22)16(24)15-14(11-5-3-2-4-6-11)17(21)27-18(15)23-19(20)25/h2-8,25H,1H3,(H,24,27);2-10H,1H3,(H,23,25). The van der Waals surface area contributed by atoms with Crippen LogP contribution in [0.3, 0.4) is 0 Å². The second-order valence-electron chi connectivity index (χ2n) is 12.3. The van der Waals surface area contributed by atoms with Crippen molar-refractivity contribution >= 4 is 67.7 Å². The number of halogens is 5. The molecule has 4 heterocycles. The van der Waals surface area contributed by atoms with E-state index in [0.29, 0.717) is 28.4 Å². The normalized spacial score (nSPS) is 18.6. The van der Waals surface area contributed by atoms with E-state index in [1.165, 1.54) is 68.8 Å². The number of rotatable bonds is 6. The SMILES string of the molecule is COc1ccc(C2(F)C(=O)Nc3sc(Cl)c(-c4ccc(F)cc4O)c3C2=O)cc1.COc1ccc(C2(F)C(=O)Nc3sc(F)c(-c4ccccc4)c3C2=O)cc1. The third-order valence-corrected chi connectivity index (χ3v) is 11.4. The molecule has 16 heteroatoms. The highest BCUT2D eigenvalue weighted by atomic mass is 35.5. The highest BCUT2D eigenvalue weighted by Gasteiger charge is 2.55. The van der Waals surface area contributed by atoms with E-state index in [4.69, 9.17) is 21.1 Å². The molecule has 0 saturated carbocycles. The minimum atomic E-state index is -3.01. The van der Waals surface area contributed by atoms with E-state index in [1.54, 1.807) is 30.3 Å². The Kier molecular flexibility index (Phi) is 9.95. The van der Waals surface area contributed by atoms with Crippen molar-refractivity contribution in [2.24, 2.45) is 0 Å². The lowest BCUT2D eigenvalue weighted by molar-refractivity contribution is -0.126. The molecule has 0 spiro atoms. The van der Waals surface area contributed by atoms with Gasteiger partial charge in [0.05, 0.1) is 25.3 Å². The fourth-order valence-corrected chi connectivity index (χ4v) is 8.63. The number of aromatic hydroxyl groups is 1. The molecule has 284 valence electrons. The molecule has 2 amide bonds. The van der Waals surface area contributed by atoms with Gasteiger partial charge in [-0.2, -0.15) is 4.39 Å². The fraction of sp³-hybridized carbons (Fsp3) is 0.100. The summed E-state index contributed by atoms with van der Waals surface area (Å²) in [6, 6.07) is 22.5. The van der Waals surface area contributed by atoms with Gasteiger partial charge >= 0.3 is 0 Å². The molecule has 0 fully saturated rings. The molecule has 2 aliphatic heterocycles. The van der Waals surface area contributed by atoms with Gasteiger partial charge in [0, 0.05) is 33.9 Å². The Morgan fingerprint density at radius 1 is 0.643 bits per heavy atom. The number of ether oxygens (including phenoxy) is 2. The van der Waals surface area contributed by atoms with Gasteiger partial charge in [-0.25, -0.2) is 13.2 Å². The molecule has 8 rings (SSSR count). The zero-order valence-electron chi connectivity index (χ0n) is 28.8. The Hall–Kier alpha value is -6.03. The average molecular weight is 821 g/mol. The maximum Gasteiger partial charge on any atom is 0.276 e. The first-order chi connectivity index (χ1) is 26.7. The van der Waals surface area contributed by atoms with Crippen LogP contribution in [0.1, 0.15) is 31.8 Å². The van der Waals surface area contributed by atoms with Crippen molar-refractivity contribution in [1.82, 2.24) is 0 Å². The summed E-state index contributed by atoms with van der Waals surface area (Å²) >= 11 is 7.71. The molecule has 2 atom stereocenters. The Labute approximate surface area is 328 Å². The number of ketones is 2. The van der Waals surface area contributed by atoms with Gasteiger partial charge in [-0.15, -0.1) is 11.3 Å². The number of methoxy groups -OCH3 is 2. The topological polar surface area (TPSA) is 131 Å². The molecule has 2 aromatic heterocycles. The first-order valence-electron chi connectivity index (χ1n) is 16.3. The number of Topliss-reactive ketones (excluding diaryl/α,β-unsaturated/α-hetero) is 2. The molecule has 0 saturated heterocycles. The number of anilines is 2. The van der Waals surface area contributed by atoms with E-state index in [1.807, 2.05) is 0 Å². The number of hydrogen-bond donors (Lipinski definition) is 3. The number of hydrogen-bond acceptors (Lipinski definition) is 9. The minimum absolute atomic E-state index is 0.00358. The maximum atomic E-state index is 15.9. The number of thiophene rings is 2. The van der Waals surface area contributed by atoms with Crippen molar-refractivity contribution in [2.75, 3.05) is 24.9 Å². The van der Waals surface area contributed by atoms with Crippen molar-refractivity contribution in [3.8, 4) is 39.5 Å². The van der Waals surface area contributed by atoms with Crippen LogP contribution in [0.5, 0.6) is 17.2 Å². The van der Waals surface area contributed by atoms with Crippen LogP contribution in [-0.2, 0) is 20.9 Å². The lowest BCUT2D eigenvalue weighted by Crippen LogP contribution is -2.47. The fourth-order valence-electron chi connectivity index (χ4n) is 6.33. The predicted octanol–water partition coefficient (Wildman–Crippen LogP) is 9.48. The summed E-state index contributed by atoms with van der Waals surface area (Å²) in [6.45, 7) is 0. The summed E-state index contributed by atoms with van der Waals surface area (Å²) < 4.78 is 69.8. The monoisotopic (exact) mass is 820 g/mol. The molecule has 56 heavy (non-hydrogen) atoms. The summed E-state index contributed by atoms with van der Waals surface area (Å²) in [4.78, 5) is 51.3. The van der Waals surface area contributed by atoms with Gasteiger partial charge in [-0.05, 0) is 42.0 Å². The molecule has 2 unspecified atom stereocenters. The van der Waals surface area contributed by atoms with Crippen LogP contribution in [0.15, 0.2) is 97.1 Å². The molecule has 0 aliphatic carbocycles. The Balaban J connectivity index is 0.000000172. The smallest absolute Gasteiger partial charge is 0.276 e. The van der Waals surface area contributed by atoms with Crippen molar-refractivity contribution < 1.29 is 51.3 Å². The van der Waals surface area contributed by atoms with E-state index in [-0.39, 0.29) is 53.3 Å². The van der Waals surface area contributed by atoms with Gasteiger partial charge in [0.25, 0.3) is 23.2 Å². The summed E-state index contributed by atoms with van der Waals surface area (Å²) in [7, 11) is 2.88. The lowest BCUT2D eigenvalue weighted by atomic mass is 9.83. The number of fused-ring (bicyclic) bond motifs is 2. The number of carbonyl (C=O) groups excluding carboxylic acids is 4. The number of phenols is 1. The Morgan fingerprint density at radius 2 is 1.12 bits per heavy atom. The van der Waals surface area contributed by atoms with Crippen molar-refractivity contribution in [3.63, 3.8) is 0 Å². The van der Waals surface area contributed by atoms with Crippen LogP contribution in [0.4, 0.5) is 27.6 Å². The first kappa shape index (κ1) is 38.3. The summed E-state index contributed by atoms with van der Waals surface area (Å²) in [6.07, 6.45) is 0. The third kappa shape index (κ3) is 6.17. The number of nitrogens with one attached hydrogen (secondary N) is 2. The second-order valence-corrected chi connectivity index (χ2v) is 14.9. The van der Waals surface area contributed by atoms with Gasteiger partial charge < -0.3 is 25.2 Å². The Bertz CT molecular complexity index is 2560. The Morgan fingerprint density at radius 3 is 1.61 bits per heavy atom. The maximum absolute atomic E-state index is 15.9. The molecular weight excluding hydrogens is 796 g/mol. The van der Waals surface area contributed by atoms with Crippen molar-refractivity contribution in [1.29, 1.82) is 0 Å². The van der Waals surface area contributed by atoms with E-state index in [2.05, 4.69) is 10.6 Å². The highest BCUT2D eigenvalue weighted by molar-refractivity contribution is 7.21. The van der Waals surface area contributed by atoms with E-state index in [0.717, 1.165) is 23.5 Å². The van der Waals surface area contributed by atoms with E-state index >= 15 is 8.78 Å². The molecule has 4 aromatic carbocycles. The summed E-state index contributed by atoms with van der Waals surface area (Å²) in [5.41, 5.74) is -6.08. The van der Waals surface area contributed by atoms with Crippen LogP contribution < -0.4 is 20.1 Å². The summed E-state index contributed by atoms with van der Waals surface area (Å²) in [5, 5.41) is 14.3. The number of alkyl halides is 2. The van der Waals surface area contributed by atoms with Crippen LogP contribution in [0, 0.1) is 10.9 Å². The largest absolute Gasteiger partial charge is 0.507 e. The van der Waals surface area contributed by atoms with Gasteiger partial charge in [0.1, 0.15) is 37.4 Å². The number of amides is 2. The average Bonchev–Trinajstić information content (AvgIpc) is 3.71. The quantitative estimate of drug-likeness (QED) is 0.113. The minimum Gasteiger partial charge on any atom is -0.507 e. The van der Waals surface area contributed by atoms with Crippen molar-refractivity contribution in [3.05, 3.63) is 135 Å². The van der Waals surface area contributed by atoms with Gasteiger partial charge in [0.15, 0.2) is 5.13 Å². The van der Waals surface area contributed by atoms with E-state index < -0.39 is 51.4 Å². The van der Waals surface area contributed by atoms with Crippen LogP contribution in [-0.4, -0.2) is 42.7 Å². The predicted molar refractivity (Wildman–Crippen MR) is 204 cm³/mol. The van der Waals surface area contributed by atoms with Gasteiger partial charge in [-0.1, -0.05) is 77.5 Å². The zero-order chi connectivity index (χ0) is 40.1. The van der Waals surface area contributed by atoms with Gasteiger partial charge in [0.2, 0.25) is 11.6 Å². The molecule has 9 nitrogen and oxygen atoms in total. The molecule has 3 N–H and O–H groups in total. The van der Waals surface area contributed by atoms with Gasteiger partial charge in [-0.3, -0.25) is 19.2 Å². The third-order valence-electron chi connectivity index (χ3n) is 9.16. The molecule has 6 aromatic rings. The first-order valence-corrected chi connectivity index (χ1v) is 18.3. The number of carbonyl (C=O) groups is 4. The van der Waals surface area contributed by atoms with Crippen molar-refractivity contribution in [2.45, 2.75) is 11.3 Å². The van der Waals surface area contributed by atoms with Crippen LogP contribution >= 0.6 is 34.3 Å². The number of phenolic OH excluding ortho intramolecular Hbond substituents is 1.